The zero-order valence-corrected chi connectivity index (χ0v) is 13.0. The Morgan fingerprint density at radius 1 is 1.19 bits per heavy atom. The van der Waals surface area contributed by atoms with Gasteiger partial charge in [-0.1, -0.05) is 5.16 Å². The molecule has 6 nitrogen and oxygen atoms in total. The Labute approximate surface area is 125 Å². The summed E-state index contributed by atoms with van der Waals surface area (Å²) >= 11 is 1.46. The Hall–Kier alpha value is -2.28. The summed E-state index contributed by atoms with van der Waals surface area (Å²) in [5.74, 6) is -0.231. The summed E-state index contributed by atoms with van der Waals surface area (Å²) in [6, 6.07) is 1.73. The van der Waals surface area contributed by atoms with Crippen molar-refractivity contribution in [1.82, 2.24) is 15.1 Å². The van der Waals surface area contributed by atoms with Gasteiger partial charge in [0.1, 0.15) is 0 Å². The van der Waals surface area contributed by atoms with Crippen LogP contribution in [-0.4, -0.2) is 21.0 Å². The molecule has 7 heteroatoms. The van der Waals surface area contributed by atoms with Crippen molar-refractivity contribution in [2.45, 2.75) is 27.7 Å². The number of fused-ring (bicyclic) bond motifs is 1. The number of carbonyl (C=O) groups is 1. The highest BCUT2D eigenvalue weighted by molar-refractivity contribution is 7.15. The van der Waals surface area contributed by atoms with E-state index in [-0.39, 0.29) is 5.91 Å². The normalized spacial score (nSPS) is 11.0. The monoisotopic (exact) mass is 302 g/mol. The largest absolute Gasteiger partial charge is 0.336 e. The summed E-state index contributed by atoms with van der Waals surface area (Å²) in [6.45, 7) is 7.49. The molecule has 1 N–H and O–H groups in total. The fraction of sp³-hybridized carbons (Fsp3) is 0.286. The smallest absolute Gasteiger partial charge is 0.258 e. The van der Waals surface area contributed by atoms with Gasteiger partial charge in [-0.25, -0.2) is 9.97 Å². The summed E-state index contributed by atoms with van der Waals surface area (Å²) in [7, 11) is 0. The summed E-state index contributed by atoms with van der Waals surface area (Å²) in [4.78, 5) is 22.2. The maximum atomic E-state index is 12.5. The Kier molecular flexibility index (Phi) is 3.21. The Balaban J connectivity index is 2.03. The molecule has 0 saturated heterocycles. The van der Waals surface area contributed by atoms with E-state index < -0.39 is 0 Å². The van der Waals surface area contributed by atoms with Gasteiger partial charge in [-0.05, 0) is 33.8 Å². The van der Waals surface area contributed by atoms with Crippen LogP contribution in [0.3, 0.4) is 0 Å². The number of amides is 1. The van der Waals surface area contributed by atoms with E-state index in [9.17, 15) is 4.79 Å². The second kappa shape index (κ2) is 4.92. The van der Waals surface area contributed by atoms with Crippen LogP contribution in [0.25, 0.3) is 11.1 Å². The highest BCUT2D eigenvalue weighted by Gasteiger charge is 2.19. The van der Waals surface area contributed by atoms with Gasteiger partial charge in [0.05, 0.1) is 22.3 Å². The molecular formula is C14H14N4O2S. The minimum absolute atomic E-state index is 0.231. The lowest BCUT2D eigenvalue weighted by molar-refractivity contribution is 0.102. The van der Waals surface area contributed by atoms with E-state index in [1.165, 1.54) is 11.3 Å². The van der Waals surface area contributed by atoms with Crippen LogP contribution in [0.1, 0.15) is 32.3 Å². The third kappa shape index (κ3) is 2.40. The van der Waals surface area contributed by atoms with Gasteiger partial charge >= 0.3 is 0 Å². The molecule has 3 heterocycles. The van der Waals surface area contributed by atoms with E-state index >= 15 is 0 Å². The second-order valence-corrected chi connectivity index (χ2v) is 6.08. The fourth-order valence-electron chi connectivity index (χ4n) is 2.09. The van der Waals surface area contributed by atoms with Crippen molar-refractivity contribution in [3.63, 3.8) is 0 Å². The molecule has 0 fully saturated rings. The molecule has 0 spiro atoms. The summed E-state index contributed by atoms with van der Waals surface area (Å²) in [6.07, 6.45) is 0. The van der Waals surface area contributed by atoms with Crippen LogP contribution < -0.4 is 5.32 Å². The highest BCUT2D eigenvalue weighted by Crippen LogP contribution is 2.25. The molecule has 21 heavy (non-hydrogen) atoms. The van der Waals surface area contributed by atoms with Crippen LogP contribution in [0.4, 0.5) is 5.13 Å². The van der Waals surface area contributed by atoms with E-state index in [1.54, 1.807) is 13.0 Å². The van der Waals surface area contributed by atoms with Crippen molar-refractivity contribution in [3.05, 3.63) is 33.6 Å². The summed E-state index contributed by atoms with van der Waals surface area (Å²) in [5, 5.41) is 7.93. The molecule has 0 aliphatic rings. The number of anilines is 1. The average Bonchev–Trinajstić information content (AvgIpc) is 2.93. The third-order valence-corrected chi connectivity index (χ3v) is 4.23. The number of pyridine rings is 1. The Bertz CT molecular complexity index is 831. The lowest BCUT2D eigenvalue weighted by Gasteiger charge is -2.04. The van der Waals surface area contributed by atoms with Gasteiger partial charge in [0.25, 0.3) is 11.6 Å². The van der Waals surface area contributed by atoms with E-state index in [0.717, 1.165) is 10.6 Å². The number of carbonyl (C=O) groups excluding carboxylic acids is 1. The van der Waals surface area contributed by atoms with Gasteiger partial charge in [-0.2, -0.15) is 0 Å². The third-order valence-electron chi connectivity index (χ3n) is 3.24. The zero-order valence-electron chi connectivity index (χ0n) is 12.1. The van der Waals surface area contributed by atoms with Crippen molar-refractivity contribution in [3.8, 4) is 0 Å². The quantitative estimate of drug-likeness (QED) is 0.786. The lowest BCUT2D eigenvalue weighted by atomic mass is 10.1. The van der Waals surface area contributed by atoms with Crippen LogP contribution in [0.15, 0.2) is 10.6 Å². The number of hydrogen-bond acceptors (Lipinski definition) is 6. The molecule has 0 bridgehead atoms. The van der Waals surface area contributed by atoms with Gasteiger partial charge in [0.2, 0.25) is 0 Å². The number of aromatic nitrogens is 3. The van der Waals surface area contributed by atoms with Gasteiger partial charge in [-0.3, -0.25) is 10.1 Å². The standard InChI is InChI=1S/C14H14N4O2S/c1-6-5-10(11-8(3)18-20-13(11)15-6)12(19)17-14-16-7(2)9(4)21-14/h5H,1-4H3,(H,16,17,19). The first-order valence-electron chi connectivity index (χ1n) is 6.44. The van der Waals surface area contributed by atoms with Crippen molar-refractivity contribution in [2.24, 2.45) is 0 Å². The van der Waals surface area contributed by atoms with Crippen LogP contribution >= 0.6 is 11.3 Å². The molecule has 108 valence electrons. The van der Waals surface area contributed by atoms with Crippen molar-refractivity contribution >= 4 is 33.5 Å². The minimum Gasteiger partial charge on any atom is -0.336 e. The Morgan fingerprint density at radius 3 is 2.62 bits per heavy atom. The molecule has 0 aliphatic carbocycles. The van der Waals surface area contributed by atoms with Crippen LogP contribution in [0.5, 0.6) is 0 Å². The number of aryl methyl sites for hydroxylation is 4. The molecule has 3 aromatic rings. The van der Waals surface area contributed by atoms with E-state index in [1.807, 2.05) is 20.8 Å². The average molecular weight is 302 g/mol. The summed E-state index contributed by atoms with van der Waals surface area (Å²) in [5.41, 5.74) is 3.16. The lowest BCUT2D eigenvalue weighted by Crippen LogP contribution is -2.13. The predicted molar refractivity (Wildman–Crippen MR) is 80.8 cm³/mol. The molecule has 0 unspecified atom stereocenters. The molecule has 0 aromatic carbocycles. The van der Waals surface area contributed by atoms with Gasteiger partial charge in [0.15, 0.2) is 5.13 Å². The fourth-order valence-corrected chi connectivity index (χ4v) is 2.90. The molecule has 0 radical (unpaired) electrons. The molecule has 0 aliphatic heterocycles. The number of hydrogen-bond donors (Lipinski definition) is 1. The molecule has 0 saturated carbocycles. The molecule has 1 amide bonds. The predicted octanol–water partition coefficient (Wildman–Crippen LogP) is 3.17. The topological polar surface area (TPSA) is 80.9 Å². The van der Waals surface area contributed by atoms with Crippen LogP contribution in [0, 0.1) is 27.7 Å². The first-order chi connectivity index (χ1) is 9.95. The second-order valence-electron chi connectivity index (χ2n) is 4.87. The van der Waals surface area contributed by atoms with Gasteiger partial charge in [-0.15, -0.1) is 11.3 Å². The summed E-state index contributed by atoms with van der Waals surface area (Å²) < 4.78 is 5.14. The van der Waals surface area contributed by atoms with E-state index in [0.29, 0.717) is 33.2 Å². The highest BCUT2D eigenvalue weighted by atomic mass is 32.1. The zero-order chi connectivity index (χ0) is 15.1. The van der Waals surface area contributed by atoms with E-state index in [2.05, 4.69) is 20.4 Å². The molecule has 3 aromatic heterocycles. The molecular weight excluding hydrogens is 288 g/mol. The van der Waals surface area contributed by atoms with Gasteiger partial charge < -0.3 is 4.52 Å². The SMILES string of the molecule is Cc1cc(C(=O)Nc2nc(C)c(C)s2)c2c(C)noc2n1. The maximum Gasteiger partial charge on any atom is 0.258 e. The maximum absolute atomic E-state index is 12.5. The van der Waals surface area contributed by atoms with E-state index in [4.69, 9.17) is 4.52 Å². The van der Waals surface area contributed by atoms with Crippen LogP contribution in [-0.2, 0) is 0 Å². The number of rotatable bonds is 2. The van der Waals surface area contributed by atoms with Gasteiger partial charge in [0, 0.05) is 10.6 Å². The van der Waals surface area contributed by atoms with Crippen molar-refractivity contribution < 1.29 is 9.32 Å². The first kappa shape index (κ1) is 13.7. The van der Waals surface area contributed by atoms with Crippen molar-refractivity contribution in [1.29, 1.82) is 0 Å². The van der Waals surface area contributed by atoms with Crippen LogP contribution in [0.2, 0.25) is 0 Å². The first-order valence-corrected chi connectivity index (χ1v) is 7.26. The Morgan fingerprint density at radius 2 is 1.95 bits per heavy atom. The molecule has 3 rings (SSSR count). The van der Waals surface area contributed by atoms with Crippen molar-refractivity contribution in [2.75, 3.05) is 5.32 Å². The number of thiazole rings is 1. The number of nitrogens with one attached hydrogen (secondary N) is 1. The minimum atomic E-state index is -0.231. The number of nitrogens with zero attached hydrogens (tertiary/aromatic N) is 3. The molecule has 0 atom stereocenters.